The molecule has 9 nitrogen and oxygen atoms in total. The molecule has 0 radical (unpaired) electrons. The Balaban J connectivity index is 1.74. The molecule has 0 aromatic heterocycles. The molecule has 1 aliphatic heterocycles. The Kier molecular flexibility index (Phi) is 6.18. The SMILES string of the molecule is Cc1ccc(C(=O)N2CCN(c3ccc(Cl)cc3[N+](=O)[O-])CC2)cc1NS(C)(=O)=O. The third-order valence-corrected chi connectivity index (χ3v) is 5.65. The highest BCUT2D eigenvalue weighted by molar-refractivity contribution is 7.92. The number of nitrogens with zero attached hydrogens (tertiary/aromatic N) is 3. The highest BCUT2D eigenvalue weighted by Crippen LogP contribution is 2.32. The molecule has 1 aliphatic rings. The molecular weight excluding hydrogens is 432 g/mol. The fourth-order valence-corrected chi connectivity index (χ4v) is 4.09. The topological polar surface area (TPSA) is 113 Å². The predicted octanol–water partition coefficient (Wildman–Crippen LogP) is 2.89. The van der Waals surface area contributed by atoms with Gasteiger partial charge in [-0.15, -0.1) is 0 Å². The monoisotopic (exact) mass is 452 g/mol. The van der Waals surface area contributed by atoms with Gasteiger partial charge in [-0.2, -0.15) is 0 Å². The largest absolute Gasteiger partial charge is 0.362 e. The maximum atomic E-state index is 12.9. The lowest BCUT2D eigenvalue weighted by molar-refractivity contribution is -0.384. The fraction of sp³-hybridized carbons (Fsp3) is 0.316. The van der Waals surface area contributed by atoms with Gasteiger partial charge in [0.25, 0.3) is 11.6 Å². The summed E-state index contributed by atoms with van der Waals surface area (Å²) in [5, 5.41) is 11.6. The lowest BCUT2D eigenvalue weighted by atomic mass is 10.1. The second-order valence-corrected chi connectivity index (χ2v) is 9.26. The lowest BCUT2D eigenvalue weighted by Gasteiger charge is -2.36. The molecule has 2 aromatic rings. The Hall–Kier alpha value is -2.85. The summed E-state index contributed by atoms with van der Waals surface area (Å²) in [5.74, 6) is -0.225. The van der Waals surface area contributed by atoms with Crippen molar-refractivity contribution in [1.82, 2.24) is 4.90 Å². The number of piperazine rings is 1. The molecule has 30 heavy (non-hydrogen) atoms. The summed E-state index contributed by atoms with van der Waals surface area (Å²) in [7, 11) is -3.47. The molecule has 160 valence electrons. The number of halogens is 1. The number of rotatable bonds is 5. The van der Waals surface area contributed by atoms with E-state index in [0.29, 0.717) is 48.7 Å². The summed E-state index contributed by atoms with van der Waals surface area (Å²) >= 11 is 5.88. The highest BCUT2D eigenvalue weighted by Gasteiger charge is 2.27. The maximum absolute atomic E-state index is 12.9. The number of carbonyl (C=O) groups excluding carboxylic acids is 1. The van der Waals surface area contributed by atoms with E-state index >= 15 is 0 Å². The van der Waals surface area contributed by atoms with E-state index in [1.165, 1.54) is 12.1 Å². The molecule has 1 amide bonds. The van der Waals surface area contributed by atoms with Gasteiger partial charge in [0.05, 0.1) is 16.9 Å². The van der Waals surface area contributed by atoms with E-state index in [1.807, 2.05) is 4.90 Å². The number of nitrogens with one attached hydrogen (secondary N) is 1. The molecule has 1 heterocycles. The quantitative estimate of drug-likeness (QED) is 0.551. The molecule has 2 aromatic carbocycles. The third-order valence-electron chi connectivity index (χ3n) is 4.82. The van der Waals surface area contributed by atoms with Crippen molar-refractivity contribution in [2.24, 2.45) is 0 Å². The van der Waals surface area contributed by atoms with Gasteiger partial charge in [0.1, 0.15) is 5.69 Å². The average molecular weight is 453 g/mol. The van der Waals surface area contributed by atoms with E-state index in [0.717, 1.165) is 6.26 Å². The molecule has 1 fully saturated rings. The summed E-state index contributed by atoms with van der Waals surface area (Å²) in [4.78, 5) is 27.3. The van der Waals surface area contributed by atoms with Crippen molar-refractivity contribution in [2.75, 3.05) is 42.1 Å². The zero-order valence-corrected chi connectivity index (χ0v) is 18.0. The molecule has 1 saturated heterocycles. The molecular formula is C19H21ClN4O5S. The number of hydrogen-bond donors (Lipinski definition) is 1. The van der Waals surface area contributed by atoms with Crippen LogP contribution in [0.25, 0.3) is 0 Å². The fourth-order valence-electron chi connectivity index (χ4n) is 3.31. The van der Waals surface area contributed by atoms with Crippen LogP contribution in [-0.2, 0) is 10.0 Å². The summed E-state index contributed by atoms with van der Waals surface area (Å²) in [5.41, 5.74) is 1.83. The van der Waals surface area contributed by atoms with Crippen LogP contribution in [0.1, 0.15) is 15.9 Å². The van der Waals surface area contributed by atoms with Gasteiger partial charge in [-0.05, 0) is 36.8 Å². The summed E-state index contributed by atoms with van der Waals surface area (Å²) < 4.78 is 25.5. The van der Waals surface area contributed by atoms with Crippen molar-refractivity contribution in [3.8, 4) is 0 Å². The van der Waals surface area contributed by atoms with Crippen LogP contribution in [0.2, 0.25) is 5.02 Å². The van der Waals surface area contributed by atoms with E-state index in [2.05, 4.69) is 4.72 Å². The number of aryl methyl sites for hydroxylation is 1. The van der Waals surface area contributed by atoms with Gasteiger partial charge in [0, 0.05) is 42.8 Å². The van der Waals surface area contributed by atoms with Crippen LogP contribution >= 0.6 is 11.6 Å². The molecule has 1 N–H and O–H groups in total. The first-order valence-electron chi connectivity index (χ1n) is 9.12. The van der Waals surface area contributed by atoms with E-state index in [4.69, 9.17) is 11.6 Å². The number of hydrogen-bond acceptors (Lipinski definition) is 6. The number of carbonyl (C=O) groups is 1. The van der Waals surface area contributed by atoms with Crippen molar-refractivity contribution < 1.29 is 18.1 Å². The molecule has 0 saturated carbocycles. The number of nitro groups is 1. The van der Waals surface area contributed by atoms with Gasteiger partial charge >= 0.3 is 0 Å². The third kappa shape index (κ3) is 5.00. The minimum Gasteiger partial charge on any atom is -0.362 e. The number of amides is 1. The molecule has 0 unspecified atom stereocenters. The Bertz CT molecular complexity index is 1100. The van der Waals surface area contributed by atoms with Crippen molar-refractivity contribution in [2.45, 2.75) is 6.92 Å². The number of anilines is 2. The van der Waals surface area contributed by atoms with Crippen LogP contribution in [0.4, 0.5) is 17.1 Å². The minimum absolute atomic E-state index is 0.0719. The number of benzene rings is 2. The van der Waals surface area contributed by atoms with Crippen LogP contribution in [0.3, 0.4) is 0 Å². The van der Waals surface area contributed by atoms with Crippen LogP contribution in [0.15, 0.2) is 36.4 Å². The molecule has 0 atom stereocenters. The number of nitro benzene ring substituents is 1. The first-order valence-corrected chi connectivity index (χ1v) is 11.4. The molecule has 0 aliphatic carbocycles. The highest BCUT2D eigenvalue weighted by atomic mass is 35.5. The molecule has 0 bridgehead atoms. The summed E-state index contributed by atoms with van der Waals surface area (Å²) in [6.45, 7) is 3.35. The van der Waals surface area contributed by atoms with Gasteiger partial charge in [-0.1, -0.05) is 17.7 Å². The van der Waals surface area contributed by atoms with Crippen LogP contribution in [0.5, 0.6) is 0 Å². The van der Waals surface area contributed by atoms with E-state index in [-0.39, 0.29) is 16.6 Å². The normalized spacial score (nSPS) is 14.5. The summed E-state index contributed by atoms with van der Waals surface area (Å²) in [6.07, 6.45) is 1.05. The van der Waals surface area contributed by atoms with E-state index < -0.39 is 14.9 Å². The maximum Gasteiger partial charge on any atom is 0.294 e. The van der Waals surface area contributed by atoms with Crippen molar-refractivity contribution in [3.63, 3.8) is 0 Å². The molecule has 0 spiro atoms. The first kappa shape index (κ1) is 21.8. The molecule has 3 rings (SSSR count). The van der Waals surface area contributed by atoms with E-state index in [9.17, 15) is 23.3 Å². The zero-order valence-electron chi connectivity index (χ0n) is 16.5. The number of sulfonamides is 1. The lowest BCUT2D eigenvalue weighted by Crippen LogP contribution is -2.49. The van der Waals surface area contributed by atoms with Gasteiger partial charge < -0.3 is 9.80 Å². The van der Waals surface area contributed by atoms with Crippen LogP contribution in [-0.4, -0.2) is 56.6 Å². The Labute approximate surface area is 179 Å². The van der Waals surface area contributed by atoms with Gasteiger partial charge in [-0.3, -0.25) is 19.6 Å². The van der Waals surface area contributed by atoms with Gasteiger partial charge in [-0.25, -0.2) is 8.42 Å². The first-order chi connectivity index (χ1) is 14.0. The Morgan fingerprint density at radius 3 is 2.40 bits per heavy atom. The average Bonchev–Trinajstić information content (AvgIpc) is 2.68. The van der Waals surface area contributed by atoms with Crippen molar-refractivity contribution in [3.05, 3.63) is 62.7 Å². The second kappa shape index (κ2) is 8.49. The van der Waals surface area contributed by atoms with Crippen LogP contribution in [0, 0.1) is 17.0 Å². The predicted molar refractivity (Wildman–Crippen MR) is 116 cm³/mol. The van der Waals surface area contributed by atoms with Gasteiger partial charge in [0.15, 0.2) is 0 Å². The van der Waals surface area contributed by atoms with Crippen molar-refractivity contribution >= 4 is 44.6 Å². The molecule has 11 heteroatoms. The zero-order chi connectivity index (χ0) is 22.1. The standard InChI is InChI=1S/C19H21ClN4O5S/c1-13-3-4-14(11-16(13)21-30(2,28)29)19(25)23-9-7-22(8-10-23)17-6-5-15(20)12-18(17)24(26)27/h3-6,11-12,21H,7-10H2,1-2H3. The minimum atomic E-state index is -3.47. The van der Waals surface area contributed by atoms with Crippen molar-refractivity contribution in [1.29, 1.82) is 0 Å². The van der Waals surface area contributed by atoms with Crippen LogP contribution < -0.4 is 9.62 Å². The van der Waals surface area contributed by atoms with Gasteiger partial charge in [0.2, 0.25) is 10.0 Å². The summed E-state index contributed by atoms with van der Waals surface area (Å²) in [6, 6.07) is 9.40. The second-order valence-electron chi connectivity index (χ2n) is 7.07. The Morgan fingerprint density at radius 1 is 1.13 bits per heavy atom. The Morgan fingerprint density at radius 2 is 1.80 bits per heavy atom. The smallest absolute Gasteiger partial charge is 0.294 e. The van der Waals surface area contributed by atoms with E-state index in [1.54, 1.807) is 36.1 Å².